The van der Waals surface area contributed by atoms with Gasteiger partial charge >= 0.3 is 0 Å². The van der Waals surface area contributed by atoms with Crippen molar-refractivity contribution >= 4 is 23.5 Å². The summed E-state index contributed by atoms with van der Waals surface area (Å²) in [5, 5.41) is 13.6. The highest BCUT2D eigenvalue weighted by Crippen LogP contribution is 2.22. The van der Waals surface area contributed by atoms with Gasteiger partial charge in [0, 0.05) is 17.1 Å². The van der Waals surface area contributed by atoms with E-state index in [1.165, 1.54) is 0 Å². The zero-order valence-corrected chi connectivity index (χ0v) is 9.34. The Morgan fingerprint density at radius 2 is 2.40 bits per heavy atom. The average molecular weight is 219 g/mol. The van der Waals surface area contributed by atoms with Crippen LogP contribution in [0.3, 0.4) is 0 Å². The highest BCUT2D eigenvalue weighted by Gasteiger charge is 1.98. The summed E-state index contributed by atoms with van der Waals surface area (Å²) in [5.74, 6) is 0. The Bertz CT molecular complexity index is 393. The number of likely N-dealkylation sites (N-methyl/N-ethyl adjacent to an activating group) is 1. The zero-order chi connectivity index (χ0) is 11.1. The Balaban J connectivity index is 2.86. The summed E-state index contributed by atoms with van der Waals surface area (Å²) in [5.41, 5.74) is 7.48. The zero-order valence-electron chi connectivity index (χ0n) is 8.53. The number of anilines is 1. The van der Waals surface area contributed by atoms with Gasteiger partial charge in [0.05, 0.1) is 0 Å². The lowest BCUT2D eigenvalue weighted by Gasteiger charge is -2.02. The minimum absolute atomic E-state index is 0.727. The molecule has 1 aromatic rings. The maximum Gasteiger partial charge on any atom is 0.138 e. The van der Waals surface area contributed by atoms with Crippen molar-refractivity contribution in [3.8, 4) is 5.40 Å². The monoisotopic (exact) mass is 219 g/mol. The molecule has 78 valence electrons. The van der Waals surface area contributed by atoms with E-state index in [0.717, 1.165) is 34.5 Å². The Morgan fingerprint density at radius 3 is 3.07 bits per heavy atom. The van der Waals surface area contributed by atoms with Crippen molar-refractivity contribution in [2.45, 2.75) is 4.90 Å². The molecular formula is C11H13N3S. The molecule has 0 unspecified atom stereocenters. The van der Waals surface area contributed by atoms with Crippen LogP contribution in [0.1, 0.15) is 5.56 Å². The number of thioether (sulfide) groups is 1. The Morgan fingerprint density at radius 1 is 1.60 bits per heavy atom. The summed E-state index contributed by atoms with van der Waals surface area (Å²) in [6.45, 7) is 0.801. The average Bonchev–Trinajstić information content (AvgIpc) is 2.23. The molecule has 3 N–H and O–H groups in total. The fourth-order valence-electron chi connectivity index (χ4n) is 1.12. The summed E-state index contributed by atoms with van der Waals surface area (Å²) in [6.07, 6.45) is 3.94. The number of nitrogens with zero attached hydrogens (tertiary/aromatic N) is 1. The first-order valence-corrected chi connectivity index (χ1v) is 5.36. The SMILES string of the molecule is CNCC=Cc1cc(SC#N)ccc1N. The van der Waals surface area contributed by atoms with Crippen LogP contribution < -0.4 is 11.1 Å². The summed E-state index contributed by atoms with van der Waals surface area (Å²) >= 11 is 1.14. The molecule has 0 fully saturated rings. The van der Waals surface area contributed by atoms with Crippen LogP contribution in [0.5, 0.6) is 0 Å². The number of hydrogen-bond acceptors (Lipinski definition) is 4. The fourth-order valence-corrected chi connectivity index (χ4v) is 1.54. The van der Waals surface area contributed by atoms with Crippen LogP contribution in [0.15, 0.2) is 29.2 Å². The maximum absolute atomic E-state index is 8.55. The molecule has 0 aromatic heterocycles. The van der Waals surface area contributed by atoms with E-state index in [-0.39, 0.29) is 0 Å². The second-order valence-corrected chi connectivity index (χ2v) is 3.80. The topological polar surface area (TPSA) is 61.8 Å². The van der Waals surface area contributed by atoms with E-state index in [2.05, 4.69) is 5.32 Å². The molecule has 1 aromatic carbocycles. The van der Waals surface area contributed by atoms with Gasteiger partial charge in [-0.25, -0.2) is 0 Å². The molecule has 0 saturated heterocycles. The van der Waals surface area contributed by atoms with Gasteiger partial charge in [-0.1, -0.05) is 12.2 Å². The molecule has 0 bridgehead atoms. The molecule has 0 amide bonds. The quantitative estimate of drug-likeness (QED) is 0.462. The van der Waals surface area contributed by atoms with E-state index >= 15 is 0 Å². The molecule has 0 radical (unpaired) electrons. The second kappa shape index (κ2) is 6.12. The van der Waals surface area contributed by atoms with Gasteiger partial charge in [0.1, 0.15) is 5.40 Å². The van der Waals surface area contributed by atoms with E-state index in [1.807, 2.05) is 42.8 Å². The Kier molecular flexibility index (Phi) is 4.75. The number of nitrogen functional groups attached to an aromatic ring is 1. The van der Waals surface area contributed by atoms with Gasteiger partial charge in [0.25, 0.3) is 0 Å². The third-order valence-corrected chi connectivity index (χ3v) is 2.42. The normalized spacial score (nSPS) is 10.4. The molecule has 0 atom stereocenters. The number of nitriles is 1. The lowest BCUT2D eigenvalue weighted by Crippen LogP contribution is -2.03. The van der Waals surface area contributed by atoms with E-state index in [9.17, 15) is 0 Å². The van der Waals surface area contributed by atoms with Crippen molar-refractivity contribution in [1.29, 1.82) is 5.26 Å². The molecule has 0 aliphatic heterocycles. The van der Waals surface area contributed by atoms with Crippen LogP contribution >= 0.6 is 11.8 Å². The third kappa shape index (κ3) is 3.66. The van der Waals surface area contributed by atoms with Crippen LogP contribution in [0.4, 0.5) is 5.69 Å². The summed E-state index contributed by atoms with van der Waals surface area (Å²) < 4.78 is 0. The molecular weight excluding hydrogens is 206 g/mol. The summed E-state index contributed by atoms with van der Waals surface area (Å²) in [6, 6.07) is 5.58. The van der Waals surface area contributed by atoms with E-state index in [1.54, 1.807) is 0 Å². The van der Waals surface area contributed by atoms with Gasteiger partial charge in [-0.05, 0) is 42.6 Å². The molecule has 3 nitrogen and oxygen atoms in total. The molecule has 0 saturated carbocycles. The first kappa shape index (κ1) is 11.6. The highest BCUT2D eigenvalue weighted by molar-refractivity contribution is 8.03. The molecule has 1 rings (SSSR count). The van der Waals surface area contributed by atoms with Crippen LogP contribution in [0.2, 0.25) is 0 Å². The molecule has 0 aliphatic carbocycles. The fraction of sp³-hybridized carbons (Fsp3) is 0.182. The third-order valence-electron chi connectivity index (χ3n) is 1.84. The van der Waals surface area contributed by atoms with Crippen molar-refractivity contribution in [3.05, 3.63) is 29.8 Å². The van der Waals surface area contributed by atoms with Gasteiger partial charge in [-0.2, -0.15) is 5.26 Å². The summed E-state index contributed by atoms with van der Waals surface area (Å²) in [7, 11) is 1.88. The van der Waals surface area contributed by atoms with Gasteiger partial charge < -0.3 is 11.1 Å². The van der Waals surface area contributed by atoms with E-state index in [0.29, 0.717) is 0 Å². The van der Waals surface area contributed by atoms with Gasteiger partial charge in [0.15, 0.2) is 0 Å². The van der Waals surface area contributed by atoms with Crippen molar-refractivity contribution < 1.29 is 0 Å². The van der Waals surface area contributed by atoms with Crippen LogP contribution in [-0.2, 0) is 0 Å². The lowest BCUT2D eigenvalue weighted by atomic mass is 10.1. The smallest absolute Gasteiger partial charge is 0.138 e. The van der Waals surface area contributed by atoms with Crippen molar-refractivity contribution in [2.75, 3.05) is 19.3 Å². The van der Waals surface area contributed by atoms with Gasteiger partial charge in [-0.3, -0.25) is 0 Å². The second-order valence-electron chi connectivity index (χ2n) is 2.94. The maximum atomic E-state index is 8.55. The Hall–Kier alpha value is -1.44. The van der Waals surface area contributed by atoms with Crippen LogP contribution in [0, 0.1) is 10.7 Å². The molecule has 0 spiro atoms. The van der Waals surface area contributed by atoms with E-state index in [4.69, 9.17) is 11.0 Å². The van der Waals surface area contributed by atoms with Crippen molar-refractivity contribution in [3.63, 3.8) is 0 Å². The summed E-state index contributed by atoms with van der Waals surface area (Å²) in [4.78, 5) is 0.913. The Labute approximate surface area is 94.0 Å². The predicted molar refractivity (Wildman–Crippen MR) is 65.3 cm³/mol. The van der Waals surface area contributed by atoms with Gasteiger partial charge in [0.2, 0.25) is 0 Å². The predicted octanol–water partition coefficient (Wildman–Crippen LogP) is 2.07. The van der Waals surface area contributed by atoms with E-state index < -0.39 is 0 Å². The minimum Gasteiger partial charge on any atom is -0.398 e. The molecule has 4 heteroatoms. The standard InChI is InChI=1S/C11H13N3S/c1-14-6-2-3-9-7-10(15-8-12)4-5-11(9)13/h2-5,7,14H,6,13H2,1H3. The number of hydrogen-bond donors (Lipinski definition) is 2. The molecule has 0 heterocycles. The highest BCUT2D eigenvalue weighted by atomic mass is 32.2. The number of thiocyanates is 1. The first-order chi connectivity index (χ1) is 7.27. The van der Waals surface area contributed by atoms with Crippen molar-refractivity contribution in [1.82, 2.24) is 5.32 Å². The minimum atomic E-state index is 0.727. The first-order valence-electron chi connectivity index (χ1n) is 4.54. The number of rotatable bonds is 4. The lowest BCUT2D eigenvalue weighted by molar-refractivity contribution is 0.922. The number of benzene rings is 1. The largest absolute Gasteiger partial charge is 0.398 e. The van der Waals surface area contributed by atoms with Crippen LogP contribution in [-0.4, -0.2) is 13.6 Å². The van der Waals surface area contributed by atoms with Gasteiger partial charge in [-0.15, -0.1) is 0 Å². The van der Waals surface area contributed by atoms with Crippen LogP contribution in [0.25, 0.3) is 6.08 Å². The molecule has 15 heavy (non-hydrogen) atoms. The molecule has 0 aliphatic rings. The number of nitrogens with one attached hydrogen (secondary N) is 1. The number of nitrogens with two attached hydrogens (primary N) is 1. The van der Waals surface area contributed by atoms with Crippen molar-refractivity contribution in [2.24, 2.45) is 0 Å².